The lowest BCUT2D eigenvalue weighted by Gasteiger charge is -2.18. The van der Waals surface area contributed by atoms with Gasteiger partial charge < -0.3 is 20.5 Å². The van der Waals surface area contributed by atoms with Crippen LogP contribution in [0.5, 0.6) is 0 Å². The lowest BCUT2D eigenvalue weighted by atomic mass is 10.1. The summed E-state index contributed by atoms with van der Waals surface area (Å²) in [7, 11) is 0. The molecule has 144 valence electrons. The van der Waals surface area contributed by atoms with Crippen LogP contribution in [0.25, 0.3) is 27.8 Å². The molecule has 1 aliphatic carbocycles. The Balaban J connectivity index is 1.47. The first-order chi connectivity index (χ1) is 13.5. The number of aliphatic hydroxyl groups is 2. The lowest BCUT2D eigenvalue weighted by Crippen LogP contribution is -2.35. The molecule has 4 aromatic rings. The molecule has 0 spiro atoms. The van der Waals surface area contributed by atoms with Crippen molar-refractivity contribution >= 4 is 34.0 Å². The number of H-pyrrole nitrogens is 1. The van der Waals surface area contributed by atoms with Crippen LogP contribution in [-0.2, 0) is 0 Å². The van der Waals surface area contributed by atoms with Crippen molar-refractivity contribution in [2.24, 2.45) is 5.92 Å². The van der Waals surface area contributed by atoms with E-state index in [9.17, 15) is 10.2 Å². The molecule has 28 heavy (non-hydrogen) atoms. The fraction of sp³-hybridized carbons (Fsp3) is 0.300. The van der Waals surface area contributed by atoms with E-state index >= 15 is 0 Å². The molecule has 4 atom stereocenters. The first kappa shape index (κ1) is 17.5. The topological polar surface area (TPSA) is 98.5 Å². The molecule has 0 unspecified atom stereocenters. The van der Waals surface area contributed by atoms with Gasteiger partial charge in [-0.25, -0.2) is 9.50 Å². The van der Waals surface area contributed by atoms with Gasteiger partial charge in [-0.05, 0) is 30.5 Å². The summed E-state index contributed by atoms with van der Waals surface area (Å²) in [5.74, 6) is 0.697. The van der Waals surface area contributed by atoms with Gasteiger partial charge in [-0.1, -0.05) is 24.6 Å². The molecule has 0 radical (unpaired) electrons. The van der Waals surface area contributed by atoms with E-state index < -0.39 is 12.2 Å². The summed E-state index contributed by atoms with van der Waals surface area (Å²) in [6, 6.07) is 9.24. The average molecular weight is 398 g/mol. The third kappa shape index (κ3) is 2.83. The molecule has 1 saturated carbocycles. The summed E-state index contributed by atoms with van der Waals surface area (Å²) in [5, 5.41) is 29.7. The first-order valence-electron chi connectivity index (χ1n) is 9.26. The number of aromatic nitrogens is 4. The maximum absolute atomic E-state index is 10.2. The van der Waals surface area contributed by atoms with Crippen LogP contribution in [0.15, 0.2) is 42.7 Å². The molecule has 4 N–H and O–H groups in total. The number of hydrogen-bond acceptors (Lipinski definition) is 5. The van der Waals surface area contributed by atoms with Gasteiger partial charge in [0.15, 0.2) is 5.65 Å². The summed E-state index contributed by atoms with van der Waals surface area (Å²) in [6.07, 6.45) is 2.93. The molecule has 3 heterocycles. The number of rotatable bonds is 3. The first-order valence-corrected chi connectivity index (χ1v) is 9.63. The van der Waals surface area contributed by atoms with Crippen LogP contribution in [0.2, 0.25) is 5.02 Å². The minimum Gasteiger partial charge on any atom is -0.390 e. The molecule has 7 nitrogen and oxygen atoms in total. The Bertz CT molecular complexity index is 1170. The number of fused-ring (bicyclic) bond motifs is 2. The van der Waals surface area contributed by atoms with Crippen molar-refractivity contribution in [3.8, 4) is 11.3 Å². The molecule has 5 rings (SSSR count). The van der Waals surface area contributed by atoms with E-state index in [0.717, 1.165) is 22.2 Å². The minimum absolute atomic E-state index is 0.0492. The van der Waals surface area contributed by atoms with Crippen LogP contribution in [0.3, 0.4) is 0 Å². The van der Waals surface area contributed by atoms with Crippen LogP contribution in [0.4, 0.5) is 5.82 Å². The van der Waals surface area contributed by atoms with E-state index in [1.807, 2.05) is 49.6 Å². The maximum atomic E-state index is 10.2. The van der Waals surface area contributed by atoms with Crippen molar-refractivity contribution in [2.75, 3.05) is 5.32 Å². The third-order valence-electron chi connectivity index (χ3n) is 5.55. The highest BCUT2D eigenvalue weighted by atomic mass is 35.5. The van der Waals surface area contributed by atoms with Crippen LogP contribution < -0.4 is 5.32 Å². The van der Waals surface area contributed by atoms with Gasteiger partial charge >= 0.3 is 0 Å². The average Bonchev–Trinajstić information content (AvgIpc) is 3.34. The molecule has 1 fully saturated rings. The number of hydrogen-bond donors (Lipinski definition) is 4. The van der Waals surface area contributed by atoms with Crippen molar-refractivity contribution in [1.29, 1.82) is 0 Å². The molecule has 8 heteroatoms. The predicted molar refractivity (Wildman–Crippen MR) is 108 cm³/mol. The number of nitrogens with zero attached hydrogens (tertiary/aromatic N) is 3. The zero-order valence-corrected chi connectivity index (χ0v) is 15.9. The van der Waals surface area contributed by atoms with Crippen molar-refractivity contribution < 1.29 is 10.2 Å². The van der Waals surface area contributed by atoms with Gasteiger partial charge in [0.2, 0.25) is 0 Å². The van der Waals surface area contributed by atoms with Crippen LogP contribution >= 0.6 is 11.6 Å². The summed E-state index contributed by atoms with van der Waals surface area (Å²) in [5.41, 5.74) is 3.44. The second-order valence-electron chi connectivity index (χ2n) is 7.48. The van der Waals surface area contributed by atoms with E-state index in [1.165, 1.54) is 0 Å². The van der Waals surface area contributed by atoms with Gasteiger partial charge in [-0.3, -0.25) is 0 Å². The molecule has 3 aromatic heterocycles. The zero-order valence-electron chi connectivity index (χ0n) is 15.2. The normalized spacial score (nSPS) is 25.0. The minimum atomic E-state index is -0.799. The zero-order chi connectivity index (χ0) is 19.4. The van der Waals surface area contributed by atoms with Gasteiger partial charge in [0.1, 0.15) is 11.9 Å². The highest BCUT2D eigenvalue weighted by Gasteiger charge is 2.39. The number of halogens is 1. The van der Waals surface area contributed by atoms with Gasteiger partial charge in [-0.15, -0.1) is 0 Å². The summed E-state index contributed by atoms with van der Waals surface area (Å²) in [4.78, 5) is 7.84. The standard InChI is InChI=1S/C20H20ClN5O2/c1-10-6-16(20(28)19(10)27)23-17-4-5-26-18(24-17)8-15(25-26)13-9-22-14-7-11(21)2-3-12(13)14/h2-5,7-10,16,19-20,22,27-28H,6H2,1H3,(H,23,24)/t10-,16-,19-,20+/m1/s1. The van der Waals surface area contributed by atoms with Crippen LogP contribution in [0, 0.1) is 5.92 Å². The Kier molecular flexibility index (Phi) is 4.04. The van der Waals surface area contributed by atoms with Gasteiger partial charge in [0, 0.05) is 39.9 Å². The Labute approximate surface area is 166 Å². The molecular formula is C20H20ClN5O2. The Morgan fingerprint density at radius 1 is 1.21 bits per heavy atom. The molecule has 0 saturated heterocycles. The van der Waals surface area contributed by atoms with Crippen LogP contribution in [-0.4, -0.2) is 48.0 Å². The van der Waals surface area contributed by atoms with Crippen molar-refractivity contribution in [1.82, 2.24) is 19.6 Å². The summed E-state index contributed by atoms with van der Waals surface area (Å²) < 4.78 is 1.72. The Hall–Kier alpha value is -2.61. The summed E-state index contributed by atoms with van der Waals surface area (Å²) >= 11 is 6.06. The smallest absolute Gasteiger partial charge is 0.157 e. The number of aliphatic hydroxyl groups excluding tert-OH is 2. The van der Waals surface area contributed by atoms with E-state index in [2.05, 4.69) is 20.4 Å². The highest BCUT2D eigenvalue weighted by Crippen LogP contribution is 2.31. The quantitative estimate of drug-likeness (QED) is 0.426. The maximum Gasteiger partial charge on any atom is 0.157 e. The molecule has 0 amide bonds. The fourth-order valence-electron chi connectivity index (χ4n) is 3.99. The summed E-state index contributed by atoms with van der Waals surface area (Å²) in [6.45, 7) is 1.93. The Morgan fingerprint density at radius 2 is 2.07 bits per heavy atom. The van der Waals surface area contributed by atoms with Crippen molar-refractivity contribution in [3.63, 3.8) is 0 Å². The number of nitrogens with one attached hydrogen (secondary N) is 2. The van der Waals surface area contributed by atoms with Crippen LogP contribution in [0.1, 0.15) is 13.3 Å². The van der Waals surface area contributed by atoms with E-state index in [-0.39, 0.29) is 12.0 Å². The van der Waals surface area contributed by atoms with Crippen molar-refractivity contribution in [3.05, 3.63) is 47.7 Å². The predicted octanol–water partition coefficient (Wildman–Crippen LogP) is 3.07. The number of benzene rings is 1. The van der Waals surface area contributed by atoms with E-state index in [1.54, 1.807) is 4.52 Å². The van der Waals surface area contributed by atoms with Crippen molar-refractivity contribution in [2.45, 2.75) is 31.6 Å². The lowest BCUT2D eigenvalue weighted by molar-refractivity contribution is 0.0210. The second-order valence-corrected chi connectivity index (χ2v) is 7.92. The molecular weight excluding hydrogens is 378 g/mol. The molecule has 0 aliphatic heterocycles. The number of aromatic amines is 1. The largest absolute Gasteiger partial charge is 0.390 e. The monoisotopic (exact) mass is 397 g/mol. The third-order valence-corrected chi connectivity index (χ3v) is 5.78. The van der Waals surface area contributed by atoms with E-state index in [4.69, 9.17) is 11.6 Å². The molecule has 1 aromatic carbocycles. The fourth-order valence-corrected chi connectivity index (χ4v) is 4.16. The van der Waals surface area contributed by atoms with Gasteiger partial charge in [-0.2, -0.15) is 5.10 Å². The van der Waals surface area contributed by atoms with E-state index in [0.29, 0.717) is 22.9 Å². The highest BCUT2D eigenvalue weighted by molar-refractivity contribution is 6.31. The second kappa shape index (κ2) is 6.48. The van der Waals surface area contributed by atoms with Gasteiger partial charge in [0.25, 0.3) is 0 Å². The number of anilines is 1. The Morgan fingerprint density at radius 3 is 2.86 bits per heavy atom. The molecule has 1 aliphatic rings. The SMILES string of the molecule is C[C@@H]1C[C@@H](Nc2ccn3nc(-c4c[nH]c5cc(Cl)ccc45)cc3n2)[C@H](O)[C@@H]1O. The van der Waals surface area contributed by atoms with Gasteiger partial charge in [0.05, 0.1) is 17.8 Å². The molecule has 0 bridgehead atoms.